The van der Waals surface area contributed by atoms with Gasteiger partial charge in [0, 0.05) is 5.38 Å². The smallest absolute Gasteiger partial charge is 0.0307 e. The minimum atomic E-state index is 0.376. The lowest BCUT2D eigenvalue weighted by Gasteiger charge is -2.01. The van der Waals surface area contributed by atoms with Gasteiger partial charge in [0.2, 0.25) is 0 Å². The van der Waals surface area contributed by atoms with Gasteiger partial charge in [0.1, 0.15) is 0 Å². The molecule has 0 aromatic heterocycles. The molecule has 0 saturated heterocycles. The van der Waals surface area contributed by atoms with E-state index in [2.05, 4.69) is 13.8 Å². The van der Waals surface area contributed by atoms with Crippen LogP contribution in [0.4, 0.5) is 0 Å². The molecule has 0 aliphatic carbocycles. The van der Waals surface area contributed by atoms with E-state index < -0.39 is 0 Å². The molecule has 0 aliphatic rings. The molecule has 0 fully saturated rings. The van der Waals surface area contributed by atoms with Gasteiger partial charge in [0.05, 0.1) is 0 Å². The summed E-state index contributed by atoms with van der Waals surface area (Å²) >= 11 is 5.82. The fourth-order valence-corrected chi connectivity index (χ4v) is 1.36. The van der Waals surface area contributed by atoms with E-state index in [0.717, 1.165) is 0 Å². The Labute approximate surface area is 76.3 Å². The molecule has 0 nitrogen and oxygen atoms in total. The molecule has 0 bridgehead atoms. The van der Waals surface area contributed by atoms with Crippen LogP contribution in [0.3, 0.4) is 0 Å². The third-order valence-corrected chi connectivity index (χ3v) is 2.17. The van der Waals surface area contributed by atoms with E-state index in [1.165, 1.54) is 44.9 Å². The molecule has 11 heavy (non-hydrogen) atoms. The van der Waals surface area contributed by atoms with Crippen molar-refractivity contribution in [3.8, 4) is 0 Å². The first kappa shape index (κ1) is 11.3. The van der Waals surface area contributed by atoms with Gasteiger partial charge in [-0.15, -0.1) is 11.6 Å². The molecule has 0 radical (unpaired) electrons. The third kappa shape index (κ3) is 10.3. The highest BCUT2D eigenvalue weighted by Crippen LogP contribution is 2.10. The standard InChI is InChI=1S/C10H21Cl/c1-3-4-5-6-7-8-9-10(2)11/h10H,3-9H2,1-2H3. The zero-order valence-electron chi connectivity index (χ0n) is 7.91. The Bertz CT molecular complexity index is 69.3. The van der Waals surface area contributed by atoms with Crippen LogP contribution in [0.2, 0.25) is 0 Å². The molecule has 0 spiro atoms. The second kappa shape index (κ2) is 8.39. The van der Waals surface area contributed by atoms with E-state index in [4.69, 9.17) is 11.6 Å². The van der Waals surface area contributed by atoms with Crippen LogP contribution < -0.4 is 0 Å². The predicted molar refractivity (Wildman–Crippen MR) is 53.3 cm³/mol. The summed E-state index contributed by atoms with van der Waals surface area (Å²) in [6.07, 6.45) is 9.42. The highest BCUT2D eigenvalue weighted by atomic mass is 35.5. The van der Waals surface area contributed by atoms with Crippen molar-refractivity contribution < 1.29 is 0 Å². The molecule has 1 unspecified atom stereocenters. The number of halogens is 1. The van der Waals surface area contributed by atoms with Crippen molar-refractivity contribution in [2.75, 3.05) is 0 Å². The van der Waals surface area contributed by atoms with Crippen molar-refractivity contribution in [1.82, 2.24) is 0 Å². The number of hydrogen-bond acceptors (Lipinski definition) is 0. The van der Waals surface area contributed by atoms with Crippen molar-refractivity contribution in [3.63, 3.8) is 0 Å². The highest BCUT2D eigenvalue weighted by molar-refractivity contribution is 6.20. The molecule has 68 valence electrons. The van der Waals surface area contributed by atoms with E-state index >= 15 is 0 Å². The second-order valence-electron chi connectivity index (χ2n) is 3.34. The van der Waals surface area contributed by atoms with Crippen LogP contribution in [0, 0.1) is 0 Å². The van der Waals surface area contributed by atoms with Gasteiger partial charge in [-0.3, -0.25) is 0 Å². The van der Waals surface area contributed by atoms with Gasteiger partial charge in [-0.25, -0.2) is 0 Å². The molecule has 0 N–H and O–H groups in total. The SMILES string of the molecule is CCCCCCCCC(C)Cl. The molecule has 0 aromatic rings. The summed E-state index contributed by atoms with van der Waals surface area (Å²) in [6.45, 7) is 4.33. The van der Waals surface area contributed by atoms with Crippen molar-refractivity contribution in [1.29, 1.82) is 0 Å². The van der Waals surface area contributed by atoms with Crippen molar-refractivity contribution in [3.05, 3.63) is 0 Å². The molecule has 0 heterocycles. The lowest BCUT2D eigenvalue weighted by molar-refractivity contribution is 0.587. The highest BCUT2D eigenvalue weighted by Gasteiger charge is 1.95. The van der Waals surface area contributed by atoms with Crippen molar-refractivity contribution >= 4 is 11.6 Å². The normalized spacial score (nSPS) is 13.4. The lowest BCUT2D eigenvalue weighted by atomic mass is 10.1. The summed E-state index contributed by atoms with van der Waals surface area (Å²) in [6, 6.07) is 0. The monoisotopic (exact) mass is 176 g/mol. The van der Waals surface area contributed by atoms with Crippen LogP contribution in [0.1, 0.15) is 58.8 Å². The van der Waals surface area contributed by atoms with E-state index in [9.17, 15) is 0 Å². The molecule has 1 heteroatoms. The van der Waals surface area contributed by atoms with Gasteiger partial charge in [0.25, 0.3) is 0 Å². The molecule has 0 saturated carbocycles. The van der Waals surface area contributed by atoms with Gasteiger partial charge < -0.3 is 0 Å². The minimum absolute atomic E-state index is 0.376. The second-order valence-corrected chi connectivity index (χ2v) is 4.08. The van der Waals surface area contributed by atoms with Crippen molar-refractivity contribution in [2.45, 2.75) is 64.2 Å². The third-order valence-electron chi connectivity index (χ3n) is 1.96. The summed E-state index contributed by atoms with van der Waals surface area (Å²) in [5.41, 5.74) is 0. The number of hydrogen-bond donors (Lipinski definition) is 0. The average Bonchev–Trinajstić information content (AvgIpc) is 1.96. The van der Waals surface area contributed by atoms with Crippen LogP contribution in [0.15, 0.2) is 0 Å². The molecule has 0 aliphatic heterocycles. The van der Waals surface area contributed by atoms with E-state index in [1.807, 2.05) is 0 Å². The quantitative estimate of drug-likeness (QED) is 0.399. The molecule has 0 rings (SSSR count). The first-order chi connectivity index (χ1) is 5.27. The number of unbranched alkanes of at least 4 members (excludes halogenated alkanes) is 5. The topological polar surface area (TPSA) is 0 Å². The summed E-state index contributed by atoms with van der Waals surface area (Å²) in [7, 11) is 0. The molecule has 1 atom stereocenters. The van der Waals surface area contributed by atoms with Gasteiger partial charge >= 0.3 is 0 Å². The Morgan fingerprint density at radius 3 is 2.09 bits per heavy atom. The van der Waals surface area contributed by atoms with Crippen LogP contribution >= 0.6 is 11.6 Å². The predicted octanol–water partition coefficient (Wildman–Crippen LogP) is 4.36. The molecular formula is C10H21Cl. The van der Waals surface area contributed by atoms with E-state index in [0.29, 0.717) is 5.38 Å². The summed E-state index contributed by atoms with van der Waals surface area (Å²) in [5, 5.41) is 0.376. The van der Waals surface area contributed by atoms with E-state index in [1.54, 1.807) is 0 Å². The lowest BCUT2D eigenvalue weighted by Crippen LogP contribution is -1.89. The number of rotatable bonds is 7. The fourth-order valence-electron chi connectivity index (χ4n) is 1.21. The largest absolute Gasteiger partial charge is 0.123 e. The Hall–Kier alpha value is 0.290. The van der Waals surface area contributed by atoms with Gasteiger partial charge in [-0.05, 0) is 13.3 Å². The van der Waals surface area contributed by atoms with Crippen LogP contribution in [0.25, 0.3) is 0 Å². The first-order valence-electron chi connectivity index (χ1n) is 4.91. The summed E-state index contributed by atoms with van der Waals surface area (Å²) in [5.74, 6) is 0. The van der Waals surface area contributed by atoms with Gasteiger partial charge in [-0.2, -0.15) is 0 Å². The maximum atomic E-state index is 5.82. The van der Waals surface area contributed by atoms with E-state index in [-0.39, 0.29) is 0 Å². The first-order valence-corrected chi connectivity index (χ1v) is 5.35. The summed E-state index contributed by atoms with van der Waals surface area (Å²) < 4.78 is 0. The molecular weight excluding hydrogens is 156 g/mol. The Balaban J connectivity index is 2.80. The zero-order valence-corrected chi connectivity index (χ0v) is 8.66. The van der Waals surface area contributed by atoms with Crippen molar-refractivity contribution in [2.24, 2.45) is 0 Å². The Morgan fingerprint density at radius 2 is 1.55 bits per heavy atom. The maximum Gasteiger partial charge on any atom is 0.0307 e. The maximum absolute atomic E-state index is 5.82. The number of alkyl halides is 1. The van der Waals surface area contributed by atoms with Crippen LogP contribution in [-0.4, -0.2) is 5.38 Å². The Morgan fingerprint density at radius 1 is 1.00 bits per heavy atom. The van der Waals surface area contributed by atoms with Gasteiger partial charge in [0.15, 0.2) is 0 Å². The minimum Gasteiger partial charge on any atom is -0.123 e. The average molecular weight is 177 g/mol. The fraction of sp³-hybridized carbons (Fsp3) is 1.00. The van der Waals surface area contributed by atoms with Crippen LogP contribution in [0.5, 0.6) is 0 Å². The summed E-state index contributed by atoms with van der Waals surface area (Å²) in [4.78, 5) is 0. The molecule has 0 aromatic carbocycles. The zero-order chi connectivity index (χ0) is 8.53. The molecule has 0 amide bonds. The van der Waals surface area contributed by atoms with Crippen LogP contribution in [-0.2, 0) is 0 Å². The van der Waals surface area contributed by atoms with Gasteiger partial charge in [-0.1, -0.05) is 45.4 Å². The Kier molecular flexibility index (Phi) is 8.61.